The molecule has 1 aliphatic heterocycles. The van der Waals surface area contributed by atoms with Crippen LogP contribution in [0.3, 0.4) is 0 Å². The van der Waals surface area contributed by atoms with Gasteiger partial charge in [-0.3, -0.25) is 4.79 Å². The first kappa shape index (κ1) is 24.2. The number of benzene rings is 1. The van der Waals surface area contributed by atoms with Crippen LogP contribution in [0.1, 0.15) is 68.5 Å². The van der Waals surface area contributed by atoms with Crippen molar-refractivity contribution in [2.24, 2.45) is 5.92 Å². The number of aromatic nitrogens is 2. The number of fused-ring (bicyclic) bond motifs is 1. The van der Waals surface area contributed by atoms with Crippen molar-refractivity contribution in [3.63, 3.8) is 0 Å². The first-order valence-electron chi connectivity index (χ1n) is 12.2. The van der Waals surface area contributed by atoms with E-state index in [4.69, 9.17) is 0 Å². The van der Waals surface area contributed by atoms with Gasteiger partial charge in [0.25, 0.3) is 0 Å². The molecule has 2 fully saturated rings. The summed E-state index contributed by atoms with van der Waals surface area (Å²) in [6, 6.07) is 8.98. The second-order valence-corrected chi connectivity index (χ2v) is 10.2. The first-order valence-corrected chi connectivity index (χ1v) is 13.2. The number of para-hydroxylation sites is 1. The van der Waals surface area contributed by atoms with Crippen molar-refractivity contribution in [3.05, 3.63) is 52.6 Å². The molecule has 0 radical (unpaired) electrons. The topological polar surface area (TPSA) is 59.0 Å². The highest BCUT2D eigenvalue weighted by Crippen LogP contribution is 2.36. The summed E-state index contributed by atoms with van der Waals surface area (Å²) in [6.07, 6.45) is 11.5. The minimum atomic E-state index is -0.0135. The van der Waals surface area contributed by atoms with Gasteiger partial charge >= 0.3 is 0 Å². The lowest BCUT2D eigenvalue weighted by molar-refractivity contribution is -0.122. The van der Waals surface area contributed by atoms with Crippen LogP contribution in [0.4, 0.5) is 0 Å². The van der Waals surface area contributed by atoms with Crippen molar-refractivity contribution in [2.75, 3.05) is 13.1 Å². The Morgan fingerprint density at radius 3 is 2.70 bits per heavy atom. The Kier molecular flexibility index (Phi) is 8.45. The van der Waals surface area contributed by atoms with E-state index < -0.39 is 0 Å². The highest BCUT2D eigenvalue weighted by Gasteiger charge is 2.26. The van der Waals surface area contributed by atoms with Crippen LogP contribution in [0.2, 0.25) is 0 Å². The minimum absolute atomic E-state index is 0. The average Bonchev–Trinajstić information content (AvgIpc) is 3.48. The summed E-state index contributed by atoms with van der Waals surface area (Å²) in [5.74, 6) is 0.882. The third-order valence-electron chi connectivity index (χ3n) is 7.28. The lowest BCUT2D eigenvalue weighted by Gasteiger charge is -2.24. The van der Waals surface area contributed by atoms with E-state index in [0.717, 1.165) is 44.1 Å². The Morgan fingerprint density at radius 2 is 1.94 bits per heavy atom. The molecule has 33 heavy (non-hydrogen) atoms. The summed E-state index contributed by atoms with van der Waals surface area (Å²) >= 11 is 1.61. The number of halogens is 1. The summed E-state index contributed by atoms with van der Waals surface area (Å²) in [5, 5.41) is 10.0. The first-order chi connectivity index (χ1) is 15.8. The molecule has 1 aliphatic carbocycles. The van der Waals surface area contributed by atoms with Crippen LogP contribution < -0.4 is 10.6 Å². The van der Waals surface area contributed by atoms with Crippen LogP contribution in [0.15, 0.2) is 41.4 Å². The molecule has 1 amide bonds. The molecule has 2 aliphatic rings. The van der Waals surface area contributed by atoms with E-state index in [9.17, 15) is 4.79 Å². The number of carbonyl (C=O) groups is 1. The van der Waals surface area contributed by atoms with Gasteiger partial charge in [0.05, 0.1) is 11.2 Å². The van der Waals surface area contributed by atoms with Gasteiger partial charge in [-0.15, -0.1) is 23.7 Å². The van der Waals surface area contributed by atoms with Crippen LogP contribution in [-0.4, -0.2) is 34.6 Å². The fourth-order valence-electron chi connectivity index (χ4n) is 5.56. The number of nitrogens with zero attached hydrogens (tertiary/aromatic N) is 2. The number of nitrogens with one attached hydrogen (secondary N) is 2. The zero-order valence-corrected chi connectivity index (χ0v) is 20.8. The molecular formula is C26H35ClN4OS. The minimum Gasteiger partial charge on any atom is -0.353 e. The number of rotatable bonds is 7. The van der Waals surface area contributed by atoms with E-state index in [1.165, 1.54) is 48.6 Å². The molecule has 0 spiro atoms. The van der Waals surface area contributed by atoms with Gasteiger partial charge in [0.1, 0.15) is 0 Å². The zero-order chi connectivity index (χ0) is 21.8. The van der Waals surface area contributed by atoms with Gasteiger partial charge in [-0.2, -0.15) is 0 Å². The summed E-state index contributed by atoms with van der Waals surface area (Å²) < 4.78 is 2.45. The van der Waals surface area contributed by atoms with Crippen molar-refractivity contribution in [2.45, 2.75) is 69.9 Å². The Bertz CT molecular complexity index is 1020. The maximum Gasteiger partial charge on any atom is 0.221 e. The molecule has 3 heterocycles. The Morgan fingerprint density at radius 1 is 1.15 bits per heavy atom. The maximum atomic E-state index is 13.1. The molecule has 2 aromatic heterocycles. The van der Waals surface area contributed by atoms with Gasteiger partial charge < -0.3 is 15.2 Å². The number of amides is 1. The normalized spacial score (nSPS) is 18.7. The molecule has 1 aromatic carbocycles. The van der Waals surface area contributed by atoms with Crippen molar-refractivity contribution < 1.29 is 4.79 Å². The van der Waals surface area contributed by atoms with E-state index in [1.54, 1.807) is 11.3 Å². The fourth-order valence-corrected chi connectivity index (χ4v) is 6.17. The summed E-state index contributed by atoms with van der Waals surface area (Å²) in [5.41, 5.74) is 5.42. The number of hydrogen-bond donors (Lipinski definition) is 2. The van der Waals surface area contributed by atoms with Crippen molar-refractivity contribution in [3.8, 4) is 0 Å². The lowest BCUT2D eigenvalue weighted by Crippen LogP contribution is -2.43. The highest BCUT2D eigenvalue weighted by molar-refractivity contribution is 7.07. The van der Waals surface area contributed by atoms with Gasteiger partial charge in [-0.1, -0.05) is 37.5 Å². The van der Waals surface area contributed by atoms with Crippen LogP contribution in [0.25, 0.3) is 10.9 Å². The summed E-state index contributed by atoms with van der Waals surface area (Å²) in [6.45, 7) is 3.04. The second-order valence-electron chi connectivity index (χ2n) is 9.52. The van der Waals surface area contributed by atoms with Gasteiger partial charge in [0, 0.05) is 47.4 Å². The molecule has 0 bridgehead atoms. The maximum absolute atomic E-state index is 13.1. The SMILES string of the molecule is Cl.O=C(CC(c1cscn1)c1cn(CC2CCCCC2)c2ccccc12)NC1CCNCC1. The van der Waals surface area contributed by atoms with Gasteiger partial charge in [0.2, 0.25) is 5.91 Å². The number of hydrogen-bond acceptors (Lipinski definition) is 4. The van der Waals surface area contributed by atoms with Gasteiger partial charge in [0.15, 0.2) is 0 Å². The molecule has 1 atom stereocenters. The highest BCUT2D eigenvalue weighted by atomic mass is 35.5. The third-order valence-corrected chi connectivity index (χ3v) is 7.88. The second kappa shape index (κ2) is 11.5. The molecule has 5 rings (SSSR count). The molecule has 1 saturated carbocycles. The standard InChI is InChI=1S/C26H34N4OS.ClH/c31-26(29-20-10-12-27-13-11-20)14-22(24-17-32-18-28-24)23-16-30(15-19-6-2-1-3-7-19)25-9-5-4-8-21(23)25;/h4-5,8-9,16-20,22,27H,1-3,6-7,10-15H2,(H,29,31);1H. The van der Waals surface area contributed by atoms with E-state index >= 15 is 0 Å². The van der Waals surface area contributed by atoms with Crippen molar-refractivity contribution in [1.82, 2.24) is 20.2 Å². The van der Waals surface area contributed by atoms with Crippen LogP contribution in [0, 0.1) is 5.92 Å². The van der Waals surface area contributed by atoms with E-state index in [-0.39, 0.29) is 30.3 Å². The lowest BCUT2D eigenvalue weighted by atomic mass is 9.89. The van der Waals surface area contributed by atoms with Gasteiger partial charge in [-0.25, -0.2) is 4.98 Å². The molecule has 5 nitrogen and oxygen atoms in total. The molecule has 178 valence electrons. The van der Waals surface area contributed by atoms with E-state index in [2.05, 4.69) is 56.0 Å². The molecule has 3 aromatic rings. The molecule has 2 N–H and O–H groups in total. The fraction of sp³-hybridized carbons (Fsp3) is 0.538. The quantitative estimate of drug-likeness (QED) is 0.464. The molecular weight excluding hydrogens is 452 g/mol. The molecule has 1 unspecified atom stereocenters. The summed E-state index contributed by atoms with van der Waals surface area (Å²) in [4.78, 5) is 17.7. The average molecular weight is 487 g/mol. The largest absolute Gasteiger partial charge is 0.353 e. The predicted octanol–water partition coefficient (Wildman–Crippen LogP) is 5.49. The van der Waals surface area contributed by atoms with Crippen LogP contribution in [-0.2, 0) is 11.3 Å². The molecule has 7 heteroatoms. The van der Waals surface area contributed by atoms with Gasteiger partial charge in [-0.05, 0) is 56.3 Å². The number of carbonyl (C=O) groups excluding carboxylic acids is 1. The number of thiazole rings is 1. The zero-order valence-electron chi connectivity index (χ0n) is 19.2. The Hall–Kier alpha value is -1.89. The number of piperidine rings is 1. The van der Waals surface area contributed by atoms with Crippen LogP contribution in [0.5, 0.6) is 0 Å². The van der Waals surface area contributed by atoms with Crippen molar-refractivity contribution >= 4 is 40.6 Å². The van der Waals surface area contributed by atoms with E-state index in [1.807, 2.05) is 5.51 Å². The molecule has 1 saturated heterocycles. The summed E-state index contributed by atoms with van der Waals surface area (Å²) in [7, 11) is 0. The van der Waals surface area contributed by atoms with Crippen LogP contribution >= 0.6 is 23.7 Å². The Balaban J connectivity index is 0.00000259. The smallest absolute Gasteiger partial charge is 0.221 e. The van der Waals surface area contributed by atoms with E-state index in [0.29, 0.717) is 6.42 Å². The predicted molar refractivity (Wildman–Crippen MR) is 138 cm³/mol. The van der Waals surface area contributed by atoms with Crippen molar-refractivity contribution in [1.29, 1.82) is 0 Å². The Labute approximate surface area is 206 Å². The third kappa shape index (κ3) is 5.79. The monoisotopic (exact) mass is 486 g/mol.